The van der Waals surface area contributed by atoms with E-state index in [0.717, 1.165) is 42.1 Å². The van der Waals surface area contributed by atoms with Crippen LogP contribution in [0.2, 0.25) is 5.02 Å². The zero-order valence-electron chi connectivity index (χ0n) is 20.2. The monoisotopic (exact) mass is 506 g/mol. The number of carbonyl (C=O) groups is 2. The zero-order chi connectivity index (χ0) is 25.1. The molecule has 1 saturated carbocycles. The van der Waals surface area contributed by atoms with Gasteiger partial charge in [0.2, 0.25) is 17.8 Å². The summed E-state index contributed by atoms with van der Waals surface area (Å²) >= 11 is 6.48. The normalized spacial score (nSPS) is 20.8. The minimum absolute atomic E-state index is 0.0504. The number of fused-ring (bicyclic) bond motifs is 1. The number of piperidine rings is 1. The second-order valence-electron chi connectivity index (χ2n) is 9.66. The fraction of sp³-hybridized carbons (Fsp3) is 0.407. The summed E-state index contributed by atoms with van der Waals surface area (Å²) in [7, 11) is 0. The van der Waals surface area contributed by atoms with Crippen molar-refractivity contribution in [1.29, 1.82) is 0 Å². The first-order valence-electron chi connectivity index (χ1n) is 12.6. The standard InChI is InChI=1S/C27H31ClN6O2/c1-2-24(35)34-12-10-17(11-13-34)26(36)31-18-6-5-7-19(14-18)32-27-30-16-22(28)25(33-27)21-15-29-23-9-4-3-8-20(21)23/h2-4,8-9,15-19,29H,1,5-7,10-14H2,(H,31,36)(H,30,32,33)/t18-,19?/m0/s1. The maximum Gasteiger partial charge on any atom is 0.245 e. The molecule has 0 spiro atoms. The summed E-state index contributed by atoms with van der Waals surface area (Å²) < 4.78 is 0. The van der Waals surface area contributed by atoms with Crippen molar-refractivity contribution in [3.63, 3.8) is 0 Å². The largest absolute Gasteiger partial charge is 0.360 e. The van der Waals surface area contributed by atoms with E-state index in [1.165, 1.54) is 6.08 Å². The van der Waals surface area contributed by atoms with Crippen molar-refractivity contribution in [3.05, 3.63) is 54.3 Å². The Balaban J connectivity index is 1.20. The van der Waals surface area contributed by atoms with Gasteiger partial charge in [0, 0.05) is 53.8 Å². The van der Waals surface area contributed by atoms with Crippen LogP contribution in [0.5, 0.6) is 0 Å². The number of nitrogens with one attached hydrogen (secondary N) is 3. The van der Waals surface area contributed by atoms with Gasteiger partial charge in [0.15, 0.2) is 0 Å². The lowest BCUT2D eigenvalue weighted by Gasteiger charge is -2.34. The number of carbonyl (C=O) groups excluding carboxylic acids is 2. The third-order valence-corrected chi connectivity index (χ3v) is 7.57. The molecule has 188 valence electrons. The summed E-state index contributed by atoms with van der Waals surface area (Å²) in [4.78, 5) is 38.9. The maximum atomic E-state index is 12.9. The first-order valence-corrected chi connectivity index (χ1v) is 13.0. The average molecular weight is 507 g/mol. The molecule has 1 unspecified atom stereocenters. The molecule has 1 saturated heterocycles. The van der Waals surface area contributed by atoms with Crippen molar-refractivity contribution in [1.82, 2.24) is 25.2 Å². The third-order valence-electron chi connectivity index (χ3n) is 7.29. The van der Waals surface area contributed by atoms with Gasteiger partial charge in [0.25, 0.3) is 0 Å². The number of rotatable bonds is 6. The number of H-pyrrole nitrogens is 1. The Morgan fingerprint density at radius 3 is 2.72 bits per heavy atom. The van der Waals surface area contributed by atoms with Gasteiger partial charge in [-0.15, -0.1) is 0 Å². The van der Waals surface area contributed by atoms with Gasteiger partial charge in [-0.2, -0.15) is 0 Å². The van der Waals surface area contributed by atoms with E-state index in [0.29, 0.717) is 42.6 Å². The first kappa shape index (κ1) is 24.3. The molecule has 9 heteroatoms. The summed E-state index contributed by atoms with van der Waals surface area (Å²) in [5.74, 6) is 0.518. The molecule has 8 nitrogen and oxygen atoms in total. The van der Waals surface area contributed by atoms with Crippen LogP contribution in [0.25, 0.3) is 22.2 Å². The number of para-hydroxylation sites is 1. The number of halogens is 1. The molecule has 1 aromatic carbocycles. The second-order valence-corrected chi connectivity index (χ2v) is 10.1. The number of anilines is 1. The molecule has 2 aromatic heterocycles. The number of benzene rings is 1. The van der Waals surface area contributed by atoms with Crippen LogP contribution in [-0.2, 0) is 9.59 Å². The third kappa shape index (κ3) is 5.23. The lowest BCUT2D eigenvalue weighted by Crippen LogP contribution is -2.47. The molecule has 1 aliphatic carbocycles. The average Bonchev–Trinajstić information content (AvgIpc) is 3.33. The molecular weight excluding hydrogens is 476 g/mol. The highest BCUT2D eigenvalue weighted by molar-refractivity contribution is 6.33. The molecule has 2 aliphatic rings. The molecule has 5 rings (SSSR count). The van der Waals surface area contributed by atoms with Crippen molar-refractivity contribution in [3.8, 4) is 11.3 Å². The van der Waals surface area contributed by atoms with Crippen LogP contribution in [0.15, 0.2) is 49.3 Å². The lowest BCUT2D eigenvalue weighted by atomic mass is 9.89. The maximum absolute atomic E-state index is 12.9. The van der Waals surface area contributed by atoms with E-state index in [4.69, 9.17) is 16.6 Å². The Kier molecular flexibility index (Phi) is 7.23. The molecule has 0 radical (unpaired) electrons. The first-order chi connectivity index (χ1) is 17.5. The number of likely N-dealkylation sites (tertiary alicyclic amines) is 1. The highest BCUT2D eigenvalue weighted by atomic mass is 35.5. The number of nitrogens with zero attached hydrogens (tertiary/aromatic N) is 3. The summed E-state index contributed by atoms with van der Waals surface area (Å²) in [6.45, 7) is 4.75. The molecule has 1 aliphatic heterocycles. The molecular formula is C27H31ClN6O2. The van der Waals surface area contributed by atoms with Gasteiger partial charge in [0.05, 0.1) is 16.9 Å². The van der Waals surface area contributed by atoms with Crippen LogP contribution in [0, 0.1) is 5.92 Å². The molecule has 3 aromatic rings. The number of aromatic nitrogens is 3. The predicted octanol–water partition coefficient (Wildman–Crippen LogP) is 4.54. The summed E-state index contributed by atoms with van der Waals surface area (Å²) in [6, 6.07) is 8.32. The Morgan fingerprint density at radius 1 is 1.14 bits per heavy atom. The minimum Gasteiger partial charge on any atom is -0.360 e. The Morgan fingerprint density at radius 2 is 1.92 bits per heavy atom. The van der Waals surface area contributed by atoms with Crippen molar-refractivity contribution < 1.29 is 9.59 Å². The number of hydrogen-bond acceptors (Lipinski definition) is 5. The Hall–Kier alpha value is -3.39. The summed E-state index contributed by atoms with van der Waals surface area (Å²) in [6.07, 6.45) is 10.0. The van der Waals surface area contributed by atoms with Gasteiger partial charge < -0.3 is 20.5 Å². The summed E-state index contributed by atoms with van der Waals surface area (Å²) in [5, 5.41) is 8.29. The fourth-order valence-corrected chi connectivity index (χ4v) is 5.53. The lowest BCUT2D eigenvalue weighted by molar-refractivity contribution is -0.132. The molecule has 3 heterocycles. The van der Waals surface area contributed by atoms with Gasteiger partial charge in [-0.1, -0.05) is 36.4 Å². The van der Waals surface area contributed by atoms with Crippen molar-refractivity contribution in [2.45, 2.75) is 50.6 Å². The Bertz CT molecular complexity index is 1270. The quantitative estimate of drug-likeness (QED) is 0.426. The Labute approximate surface area is 215 Å². The van der Waals surface area contributed by atoms with E-state index in [9.17, 15) is 9.59 Å². The van der Waals surface area contributed by atoms with Gasteiger partial charge in [-0.05, 0) is 50.7 Å². The van der Waals surface area contributed by atoms with Crippen LogP contribution >= 0.6 is 11.6 Å². The van der Waals surface area contributed by atoms with Crippen LogP contribution < -0.4 is 10.6 Å². The van der Waals surface area contributed by atoms with E-state index in [2.05, 4.69) is 27.2 Å². The van der Waals surface area contributed by atoms with Gasteiger partial charge in [0.1, 0.15) is 0 Å². The molecule has 36 heavy (non-hydrogen) atoms. The van der Waals surface area contributed by atoms with Crippen LogP contribution in [-0.4, -0.2) is 56.8 Å². The summed E-state index contributed by atoms with van der Waals surface area (Å²) in [5.41, 5.74) is 2.66. The van der Waals surface area contributed by atoms with Gasteiger partial charge >= 0.3 is 0 Å². The van der Waals surface area contributed by atoms with E-state index in [1.54, 1.807) is 11.1 Å². The van der Waals surface area contributed by atoms with E-state index >= 15 is 0 Å². The van der Waals surface area contributed by atoms with E-state index < -0.39 is 0 Å². The van der Waals surface area contributed by atoms with E-state index in [-0.39, 0.29) is 29.8 Å². The van der Waals surface area contributed by atoms with Crippen LogP contribution in [0.4, 0.5) is 5.95 Å². The second kappa shape index (κ2) is 10.7. The SMILES string of the molecule is C=CC(=O)N1CCC(C(=O)N[C@H]2CCCC(Nc3ncc(Cl)c(-c4c[nH]c5ccccc45)n3)C2)CC1. The van der Waals surface area contributed by atoms with Crippen molar-refractivity contribution in [2.24, 2.45) is 5.92 Å². The zero-order valence-corrected chi connectivity index (χ0v) is 20.9. The molecule has 2 atom stereocenters. The molecule has 0 bridgehead atoms. The number of hydrogen-bond donors (Lipinski definition) is 3. The predicted molar refractivity (Wildman–Crippen MR) is 142 cm³/mol. The van der Waals surface area contributed by atoms with E-state index in [1.807, 2.05) is 30.5 Å². The highest BCUT2D eigenvalue weighted by Gasteiger charge is 2.30. The van der Waals surface area contributed by atoms with Gasteiger partial charge in [-0.25, -0.2) is 9.97 Å². The smallest absolute Gasteiger partial charge is 0.245 e. The topological polar surface area (TPSA) is 103 Å². The van der Waals surface area contributed by atoms with Crippen molar-refractivity contribution >= 4 is 40.3 Å². The number of amides is 2. The van der Waals surface area contributed by atoms with Crippen LogP contribution in [0.3, 0.4) is 0 Å². The molecule has 2 amide bonds. The van der Waals surface area contributed by atoms with Crippen molar-refractivity contribution in [2.75, 3.05) is 18.4 Å². The molecule has 2 fully saturated rings. The highest BCUT2D eigenvalue weighted by Crippen LogP contribution is 2.33. The van der Waals surface area contributed by atoms with Crippen LogP contribution in [0.1, 0.15) is 38.5 Å². The minimum atomic E-state index is -0.0627. The molecule has 3 N–H and O–H groups in total. The number of aromatic amines is 1. The van der Waals surface area contributed by atoms with Gasteiger partial charge in [-0.3, -0.25) is 9.59 Å². The fourth-order valence-electron chi connectivity index (χ4n) is 5.34.